The maximum atomic E-state index is 9.09. The van der Waals surface area contributed by atoms with Crippen molar-refractivity contribution in [2.45, 2.75) is 25.9 Å². The van der Waals surface area contributed by atoms with Gasteiger partial charge in [-0.2, -0.15) is 0 Å². The monoisotopic (exact) mass is 130 g/mol. The van der Waals surface area contributed by atoms with Gasteiger partial charge in [-0.1, -0.05) is 6.92 Å². The minimum absolute atomic E-state index is 0.126. The SMILES string of the molecule is CC12C[C@@H]1[C@H](O)OC2O. The van der Waals surface area contributed by atoms with Crippen LogP contribution in [-0.2, 0) is 4.74 Å². The van der Waals surface area contributed by atoms with Crippen LogP contribution in [0.2, 0.25) is 0 Å². The lowest BCUT2D eigenvalue weighted by molar-refractivity contribution is -0.192. The Bertz CT molecular complexity index is 143. The Balaban J connectivity index is 2.19. The van der Waals surface area contributed by atoms with Crippen LogP contribution in [0.5, 0.6) is 0 Å². The molecule has 1 aliphatic heterocycles. The number of hydrogen-bond donors (Lipinski definition) is 2. The Morgan fingerprint density at radius 1 is 1.56 bits per heavy atom. The Labute approximate surface area is 53.3 Å². The van der Waals surface area contributed by atoms with Crippen molar-refractivity contribution in [3.05, 3.63) is 0 Å². The third-order valence-electron chi connectivity index (χ3n) is 2.52. The normalized spacial score (nSPS) is 63.7. The van der Waals surface area contributed by atoms with Gasteiger partial charge in [0.25, 0.3) is 0 Å². The van der Waals surface area contributed by atoms with Gasteiger partial charge in [-0.15, -0.1) is 0 Å². The number of hydrogen-bond acceptors (Lipinski definition) is 3. The largest absolute Gasteiger partial charge is 0.368 e. The second kappa shape index (κ2) is 1.31. The number of fused-ring (bicyclic) bond motifs is 1. The van der Waals surface area contributed by atoms with Crippen molar-refractivity contribution < 1.29 is 14.9 Å². The minimum Gasteiger partial charge on any atom is -0.368 e. The molecule has 2 unspecified atom stereocenters. The molecule has 3 nitrogen and oxygen atoms in total. The van der Waals surface area contributed by atoms with Crippen LogP contribution in [-0.4, -0.2) is 22.8 Å². The fourth-order valence-corrected chi connectivity index (χ4v) is 1.51. The molecule has 2 N–H and O–H groups in total. The Morgan fingerprint density at radius 3 is 2.33 bits per heavy atom. The molecule has 1 heterocycles. The summed E-state index contributed by atoms with van der Waals surface area (Å²) in [5.74, 6) is 0.187. The second-order valence-electron chi connectivity index (χ2n) is 3.20. The Morgan fingerprint density at radius 2 is 2.22 bits per heavy atom. The highest BCUT2D eigenvalue weighted by atomic mass is 16.7. The molecule has 2 aliphatic rings. The van der Waals surface area contributed by atoms with Gasteiger partial charge in [0.2, 0.25) is 0 Å². The molecular weight excluding hydrogens is 120 g/mol. The van der Waals surface area contributed by atoms with Crippen molar-refractivity contribution >= 4 is 0 Å². The molecule has 1 aliphatic carbocycles. The molecule has 9 heavy (non-hydrogen) atoms. The summed E-state index contributed by atoms with van der Waals surface area (Å²) >= 11 is 0. The maximum absolute atomic E-state index is 9.09. The zero-order valence-electron chi connectivity index (χ0n) is 5.24. The Kier molecular flexibility index (Phi) is 0.822. The molecule has 0 aromatic rings. The zero-order valence-corrected chi connectivity index (χ0v) is 5.24. The third kappa shape index (κ3) is 0.520. The summed E-state index contributed by atoms with van der Waals surface area (Å²) < 4.78 is 4.74. The van der Waals surface area contributed by atoms with Crippen molar-refractivity contribution in [3.8, 4) is 0 Å². The molecule has 52 valence electrons. The van der Waals surface area contributed by atoms with E-state index in [1.807, 2.05) is 6.92 Å². The van der Waals surface area contributed by atoms with Gasteiger partial charge in [-0.05, 0) is 6.42 Å². The lowest BCUT2D eigenvalue weighted by Gasteiger charge is -2.11. The summed E-state index contributed by atoms with van der Waals surface area (Å²) in [4.78, 5) is 0. The van der Waals surface area contributed by atoms with Gasteiger partial charge >= 0.3 is 0 Å². The van der Waals surface area contributed by atoms with E-state index >= 15 is 0 Å². The quantitative estimate of drug-likeness (QED) is 0.472. The van der Waals surface area contributed by atoms with E-state index in [2.05, 4.69) is 0 Å². The van der Waals surface area contributed by atoms with Gasteiger partial charge < -0.3 is 14.9 Å². The molecule has 2 fully saturated rings. The zero-order chi connectivity index (χ0) is 6.65. The van der Waals surface area contributed by atoms with E-state index in [0.29, 0.717) is 0 Å². The van der Waals surface area contributed by atoms with Gasteiger partial charge in [0.15, 0.2) is 12.6 Å². The van der Waals surface area contributed by atoms with Crippen LogP contribution in [0.4, 0.5) is 0 Å². The molecule has 0 aromatic heterocycles. The molecule has 1 saturated heterocycles. The molecule has 1 saturated carbocycles. The van der Waals surface area contributed by atoms with Crippen molar-refractivity contribution in [2.75, 3.05) is 0 Å². The molecular formula is C6H10O3. The summed E-state index contributed by atoms with van der Waals surface area (Å²) in [5.41, 5.74) is -0.126. The highest BCUT2D eigenvalue weighted by molar-refractivity contribution is 5.06. The molecule has 0 spiro atoms. The smallest absolute Gasteiger partial charge is 0.163 e. The lowest BCUT2D eigenvalue weighted by Crippen LogP contribution is -2.19. The number of ether oxygens (including phenoxy) is 1. The number of aliphatic hydroxyl groups excluding tert-OH is 2. The summed E-state index contributed by atoms with van der Waals surface area (Å²) in [7, 11) is 0. The standard InChI is InChI=1S/C6H10O3/c1-6-2-3(6)4(7)9-5(6)8/h3-5,7-8H,2H2,1H3/t3-,4-,5?,6?/m1/s1. The first kappa shape index (κ1) is 5.65. The van der Waals surface area contributed by atoms with E-state index in [0.717, 1.165) is 6.42 Å². The fourth-order valence-electron chi connectivity index (χ4n) is 1.51. The van der Waals surface area contributed by atoms with Crippen LogP contribution in [0.3, 0.4) is 0 Å². The van der Waals surface area contributed by atoms with E-state index in [1.165, 1.54) is 0 Å². The second-order valence-corrected chi connectivity index (χ2v) is 3.20. The van der Waals surface area contributed by atoms with Gasteiger partial charge in [0, 0.05) is 11.3 Å². The predicted octanol–water partition coefficient (Wildman–Crippen LogP) is -0.320. The van der Waals surface area contributed by atoms with Crippen LogP contribution in [0, 0.1) is 11.3 Å². The highest BCUT2D eigenvalue weighted by Gasteiger charge is 2.65. The van der Waals surface area contributed by atoms with Gasteiger partial charge in [-0.3, -0.25) is 0 Å². The molecule has 0 bridgehead atoms. The van der Waals surface area contributed by atoms with Crippen LogP contribution in [0.15, 0.2) is 0 Å². The van der Waals surface area contributed by atoms with Gasteiger partial charge in [-0.25, -0.2) is 0 Å². The highest BCUT2D eigenvalue weighted by Crippen LogP contribution is 2.61. The number of aliphatic hydroxyl groups is 2. The van der Waals surface area contributed by atoms with E-state index in [9.17, 15) is 0 Å². The first-order chi connectivity index (χ1) is 4.14. The average molecular weight is 130 g/mol. The summed E-state index contributed by atoms with van der Waals surface area (Å²) in [6.07, 6.45) is -0.558. The van der Waals surface area contributed by atoms with E-state index in [1.54, 1.807) is 0 Å². The van der Waals surface area contributed by atoms with Gasteiger partial charge in [0.05, 0.1) is 0 Å². The summed E-state index contributed by atoms with van der Waals surface area (Å²) in [5, 5.41) is 18.1. The maximum Gasteiger partial charge on any atom is 0.163 e. The molecule has 3 heteroatoms. The van der Waals surface area contributed by atoms with E-state index < -0.39 is 12.6 Å². The van der Waals surface area contributed by atoms with Crippen molar-refractivity contribution in [2.24, 2.45) is 11.3 Å². The minimum atomic E-state index is -0.738. The molecule has 4 atom stereocenters. The van der Waals surface area contributed by atoms with Crippen LogP contribution in [0.25, 0.3) is 0 Å². The summed E-state index contributed by atoms with van der Waals surface area (Å²) in [6.45, 7) is 1.93. The van der Waals surface area contributed by atoms with Crippen LogP contribution >= 0.6 is 0 Å². The lowest BCUT2D eigenvalue weighted by atomic mass is 10.1. The average Bonchev–Trinajstić information content (AvgIpc) is 2.38. The first-order valence-electron chi connectivity index (χ1n) is 3.16. The summed E-state index contributed by atoms with van der Waals surface area (Å²) in [6, 6.07) is 0. The van der Waals surface area contributed by atoms with Crippen LogP contribution < -0.4 is 0 Å². The number of rotatable bonds is 0. The fraction of sp³-hybridized carbons (Fsp3) is 1.00. The molecule has 2 rings (SSSR count). The predicted molar refractivity (Wildman–Crippen MR) is 29.3 cm³/mol. The van der Waals surface area contributed by atoms with Gasteiger partial charge in [0.1, 0.15) is 0 Å². The van der Waals surface area contributed by atoms with E-state index in [4.69, 9.17) is 14.9 Å². The topological polar surface area (TPSA) is 49.7 Å². The van der Waals surface area contributed by atoms with Crippen molar-refractivity contribution in [3.63, 3.8) is 0 Å². The van der Waals surface area contributed by atoms with Crippen molar-refractivity contribution in [1.82, 2.24) is 0 Å². The van der Waals surface area contributed by atoms with Crippen LogP contribution in [0.1, 0.15) is 13.3 Å². The van der Waals surface area contributed by atoms with Crippen molar-refractivity contribution in [1.29, 1.82) is 0 Å². The van der Waals surface area contributed by atoms with E-state index in [-0.39, 0.29) is 11.3 Å². The first-order valence-corrected chi connectivity index (χ1v) is 3.16. The molecule has 0 amide bonds. The Hall–Kier alpha value is -0.120. The molecule has 0 radical (unpaired) electrons. The third-order valence-corrected chi connectivity index (χ3v) is 2.52. The molecule has 0 aromatic carbocycles.